The zero-order valence-electron chi connectivity index (χ0n) is 14.3. The summed E-state index contributed by atoms with van der Waals surface area (Å²) in [6.45, 7) is 11.9. The van der Waals surface area contributed by atoms with Crippen LogP contribution in [-0.4, -0.2) is 29.4 Å². The van der Waals surface area contributed by atoms with Crippen LogP contribution >= 0.6 is 0 Å². The molecule has 2 rings (SSSR count). The molecule has 120 valence electrons. The maximum Gasteiger partial charge on any atom is 0.466 e. The summed E-state index contributed by atoms with van der Waals surface area (Å²) in [5.41, 5.74) is 2.22. The largest absolute Gasteiger partial charge is 0.481 e. The molecule has 0 saturated carbocycles. The molecule has 1 aromatic rings. The predicted molar refractivity (Wildman–Crippen MR) is 87.0 cm³/mol. The van der Waals surface area contributed by atoms with Gasteiger partial charge in [-0.3, -0.25) is 4.79 Å². The van der Waals surface area contributed by atoms with Crippen LogP contribution in [0.25, 0.3) is 0 Å². The maximum atomic E-state index is 11.4. The average molecular weight is 304 g/mol. The third-order valence-corrected chi connectivity index (χ3v) is 4.91. The van der Waals surface area contributed by atoms with Crippen LogP contribution in [0.2, 0.25) is 0 Å². The quantitative estimate of drug-likeness (QED) is 0.865. The second-order valence-corrected chi connectivity index (χ2v) is 7.13. The van der Waals surface area contributed by atoms with Crippen LogP contribution in [0.3, 0.4) is 0 Å². The van der Waals surface area contributed by atoms with Crippen molar-refractivity contribution in [3.63, 3.8) is 0 Å². The van der Waals surface area contributed by atoms with Crippen molar-refractivity contribution in [3.05, 3.63) is 34.9 Å². The Balaban J connectivity index is 2.43. The van der Waals surface area contributed by atoms with Gasteiger partial charge in [0.1, 0.15) is 0 Å². The molecule has 0 bridgehead atoms. The Morgan fingerprint density at radius 3 is 2.00 bits per heavy atom. The van der Waals surface area contributed by atoms with Crippen LogP contribution in [-0.2, 0) is 14.1 Å². The highest BCUT2D eigenvalue weighted by atomic mass is 16.7. The topological polar surface area (TPSA) is 55.8 Å². The van der Waals surface area contributed by atoms with Crippen LogP contribution in [0.5, 0.6) is 0 Å². The molecule has 4 nitrogen and oxygen atoms in total. The van der Waals surface area contributed by atoms with Crippen LogP contribution in [0.1, 0.15) is 56.6 Å². The smallest absolute Gasteiger partial charge is 0.466 e. The number of carbonyl (C=O) groups is 1. The van der Waals surface area contributed by atoms with Crippen molar-refractivity contribution >= 4 is 13.1 Å². The van der Waals surface area contributed by atoms with Crippen LogP contribution in [0, 0.1) is 13.8 Å². The zero-order chi connectivity index (χ0) is 16.7. The van der Waals surface area contributed by atoms with Gasteiger partial charge in [0.25, 0.3) is 0 Å². The Hall–Kier alpha value is -1.33. The molecule has 22 heavy (non-hydrogen) atoms. The van der Waals surface area contributed by atoms with Gasteiger partial charge < -0.3 is 14.4 Å². The summed E-state index contributed by atoms with van der Waals surface area (Å²) in [6, 6.07) is 5.99. The lowest BCUT2D eigenvalue weighted by molar-refractivity contribution is -0.137. The van der Waals surface area contributed by atoms with Gasteiger partial charge in [0, 0.05) is 5.82 Å². The Morgan fingerprint density at radius 2 is 1.59 bits per heavy atom. The van der Waals surface area contributed by atoms with E-state index in [9.17, 15) is 9.90 Å². The molecule has 0 aliphatic carbocycles. The zero-order valence-corrected chi connectivity index (χ0v) is 14.3. The van der Waals surface area contributed by atoms with Gasteiger partial charge in [-0.15, -0.1) is 0 Å². The number of carboxylic acid groups (broad SMARTS) is 1. The van der Waals surface area contributed by atoms with E-state index in [-0.39, 0.29) is 12.2 Å². The molecule has 5 heteroatoms. The van der Waals surface area contributed by atoms with Gasteiger partial charge in [0.15, 0.2) is 0 Å². The molecule has 1 atom stereocenters. The van der Waals surface area contributed by atoms with E-state index in [1.807, 2.05) is 59.7 Å². The summed E-state index contributed by atoms with van der Waals surface area (Å²) in [5, 5.41) is 9.34. The summed E-state index contributed by atoms with van der Waals surface area (Å²) in [7, 11) is -0.555. The average Bonchev–Trinajstić information content (AvgIpc) is 2.56. The number of benzene rings is 1. The number of hydrogen-bond donors (Lipinski definition) is 1. The highest BCUT2D eigenvalue weighted by Gasteiger charge is 2.54. The normalized spacial score (nSPS) is 20.9. The van der Waals surface area contributed by atoms with Crippen LogP contribution < -0.4 is 0 Å². The number of hydrogen-bond acceptors (Lipinski definition) is 3. The Kier molecular flexibility index (Phi) is 4.42. The number of carboxylic acids is 1. The lowest BCUT2D eigenvalue weighted by atomic mass is 9.64. The van der Waals surface area contributed by atoms with Gasteiger partial charge in [0.05, 0.1) is 17.6 Å². The minimum Gasteiger partial charge on any atom is -0.481 e. The molecule has 1 aliphatic rings. The molecular weight excluding hydrogens is 279 g/mol. The molecule has 1 unspecified atom stereocenters. The molecule has 1 fully saturated rings. The number of aryl methyl sites for hydroxylation is 2. The van der Waals surface area contributed by atoms with Crippen molar-refractivity contribution in [2.45, 2.75) is 65.0 Å². The van der Waals surface area contributed by atoms with Gasteiger partial charge >= 0.3 is 13.1 Å². The van der Waals surface area contributed by atoms with Crippen molar-refractivity contribution < 1.29 is 19.2 Å². The molecule has 0 amide bonds. The molecule has 0 spiro atoms. The van der Waals surface area contributed by atoms with Crippen molar-refractivity contribution in [1.29, 1.82) is 0 Å². The summed E-state index contributed by atoms with van der Waals surface area (Å²) in [4.78, 5) is 11.4. The first-order chi connectivity index (χ1) is 10.0. The van der Waals surface area contributed by atoms with E-state index in [2.05, 4.69) is 0 Å². The number of aliphatic carboxylic acids is 1. The van der Waals surface area contributed by atoms with Crippen molar-refractivity contribution in [1.82, 2.24) is 0 Å². The highest BCUT2D eigenvalue weighted by molar-refractivity contribution is 6.48. The first kappa shape index (κ1) is 17.0. The molecule has 1 heterocycles. The van der Waals surface area contributed by atoms with E-state index in [1.165, 1.54) is 0 Å². The van der Waals surface area contributed by atoms with Gasteiger partial charge in [-0.25, -0.2) is 0 Å². The van der Waals surface area contributed by atoms with E-state index >= 15 is 0 Å². The fraction of sp³-hybridized carbons (Fsp3) is 0.588. The molecule has 1 aromatic carbocycles. The summed E-state index contributed by atoms with van der Waals surface area (Å²) >= 11 is 0. The van der Waals surface area contributed by atoms with Gasteiger partial charge in [-0.05, 0) is 58.2 Å². The van der Waals surface area contributed by atoms with E-state index in [4.69, 9.17) is 9.31 Å². The monoisotopic (exact) mass is 304 g/mol. The standard InChI is InChI=1S/C17H25BO4/c1-11-8-7-9-12(2)15(11)13(10-14(19)20)18-21-16(3,4)17(5,6)22-18/h7-9,13H,10H2,1-6H3,(H,19,20). The highest BCUT2D eigenvalue weighted by Crippen LogP contribution is 2.42. The van der Waals surface area contributed by atoms with Crippen molar-refractivity contribution in [2.24, 2.45) is 0 Å². The van der Waals surface area contributed by atoms with Crippen LogP contribution in [0.4, 0.5) is 0 Å². The van der Waals surface area contributed by atoms with Crippen molar-refractivity contribution in [2.75, 3.05) is 0 Å². The van der Waals surface area contributed by atoms with E-state index < -0.39 is 24.3 Å². The molecule has 0 aromatic heterocycles. The minimum absolute atomic E-state index is 0.0114. The second-order valence-electron chi connectivity index (χ2n) is 7.13. The second kappa shape index (κ2) is 5.71. The lowest BCUT2D eigenvalue weighted by Gasteiger charge is -2.32. The molecule has 1 aliphatic heterocycles. The fourth-order valence-corrected chi connectivity index (χ4v) is 2.99. The van der Waals surface area contributed by atoms with Gasteiger partial charge in [0.2, 0.25) is 0 Å². The Bertz CT molecular complexity index is 544. The number of rotatable bonds is 4. The first-order valence-electron chi connectivity index (χ1n) is 7.69. The molecule has 1 N–H and O–H groups in total. The van der Waals surface area contributed by atoms with Crippen LogP contribution in [0.15, 0.2) is 18.2 Å². The van der Waals surface area contributed by atoms with Gasteiger partial charge in [-0.1, -0.05) is 18.2 Å². The Labute approximate surface area is 133 Å². The van der Waals surface area contributed by atoms with E-state index in [1.54, 1.807) is 0 Å². The molecular formula is C17H25BO4. The summed E-state index contributed by atoms with van der Waals surface area (Å²) in [6.07, 6.45) is -0.0114. The maximum absolute atomic E-state index is 11.4. The molecule has 0 radical (unpaired) electrons. The summed E-state index contributed by atoms with van der Waals surface area (Å²) < 4.78 is 12.2. The Morgan fingerprint density at radius 1 is 1.14 bits per heavy atom. The van der Waals surface area contributed by atoms with E-state index in [0.29, 0.717) is 0 Å². The fourth-order valence-electron chi connectivity index (χ4n) is 2.99. The predicted octanol–water partition coefficient (Wildman–Crippen LogP) is 3.49. The summed E-state index contributed by atoms with van der Waals surface area (Å²) in [5.74, 6) is -1.16. The van der Waals surface area contributed by atoms with Gasteiger partial charge in [-0.2, -0.15) is 0 Å². The minimum atomic E-state index is -0.845. The SMILES string of the molecule is Cc1cccc(C)c1C(CC(=O)O)B1OC(C)(C)C(C)(C)O1. The third-order valence-electron chi connectivity index (χ3n) is 4.91. The van der Waals surface area contributed by atoms with Crippen molar-refractivity contribution in [3.8, 4) is 0 Å². The van der Waals surface area contributed by atoms with E-state index in [0.717, 1.165) is 16.7 Å². The third kappa shape index (κ3) is 3.06. The lowest BCUT2D eigenvalue weighted by Crippen LogP contribution is -2.41. The first-order valence-corrected chi connectivity index (χ1v) is 7.69. The molecule has 1 saturated heterocycles.